The standard InChI is InChI=1S/C18H16Cl2F5N3O4S/c1-18(30,17(29)31-2)14-13(7-26)27-28(16(14)32-8-9-3-4-9)15-11(19)5-10(6-12(15)20)33(21,22,23,24)25/h5-6,9,30H,3-4,8H2,1-2H3. The van der Waals surface area contributed by atoms with Gasteiger partial charge in [-0.3, -0.25) is 0 Å². The first-order valence-electron chi connectivity index (χ1n) is 9.11. The largest absolute Gasteiger partial charge is 0.477 e. The second-order valence-electron chi connectivity index (χ2n) is 7.58. The van der Waals surface area contributed by atoms with Crippen molar-refractivity contribution in [1.82, 2.24) is 9.78 Å². The van der Waals surface area contributed by atoms with Crippen LogP contribution in [0.1, 0.15) is 31.0 Å². The smallest absolute Gasteiger partial charge is 0.342 e. The fourth-order valence-corrected chi connectivity index (χ4v) is 4.41. The Balaban J connectivity index is 2.29. The van der Waals surface area contributed by atoms with E-state index in [9.17, 15) is 34.6 Å². The number of nitriles is 1. The van der Waals surface area contributed by atoms with Crippen LogP contribution in [0.4, 0.5) is 19.4 Å². The van der Waals surface area contributed by atoms with Gasteiger partial charge in [-0.1, -0.05) is 42.6 Å². The van der Waals surface area contributed by atoms with Gasteiger partial charge in [0, 0.05) is 0 Å². The number of nitrogens with zero attached hydrogens (tertiary/aromatic N) is 3. The minimum atomic E-state index is -10.1. The third kappa shape index (κ3) is 4.98. The summed E-state index contributed by atoms with van der Waals surface area (Å²) in [6.45, 7) is 1.03. The molecular formula is C18H16Cl2F5N3O4S. The minimum Gasteiger partial charge on any atom is -0.477 e. The number of hydrogen-bond acceptors (Lipinski definition) is 6. The lowest BCUT2D eigenvalue weighted by molar-refractivity contribution is -0.161. The summed E-state index contributed by atoms with van der Waals surface area (Å²) in [5.74, 6) is -1.52. The number of esters is 1. The van der Waals surface area contributed by atoms with Gasteiger partial charge in [-0.25, -0.2) is 4.79 Å². The van der Waals surface area contributed by atoms with E-state index in [-0.39, 0.29) is 24.7 Å². The van der Waals surface area contributed by atoms with Crippen molar-refractivity contribution in [1.29, 1.82) is 5.26 Å². The number of hydrogen-bond donors (Lipinski definition) is 1. The number of benzene rings is 1. The molecule has 15 heteroatoms. The van der Waals surface area contributed by atoms with Gasteiger partial charge in [0.05, 0.1) is 29.3 Å². The van der Waals surface area contributed by atoms with Crippen LogP contribution in [0.15, 0.2) is 17.0 Å². The predicted molar refractivity (Wildman–Crippen MR) is 110 cm³/mol. The van der Waals surface area contributed by atoms with E-state index in [2.05, 4.69) is 9.84 Å². The second-order valence-corrected chi connectivity index (χ2v) is 10.8. The summed E-state index contributed by atoms with van der Waals surface area (Å²) < 4.78 is 77.2. The number of halogens is 7. The molecule has 1 aliphatic carbocycles. The number of carbonyl (C=O) groups excluding carboxylic acids is 1. The third-order valence-electron chi connectivity index (χ3n) is 4.82. The molecule has 0 amide bonds. The Labute approximate surface area is 194 Å². The molecule has 2 aromatic rings. The zero-order chi connectivity index (χ0) is 25.0. The molecule has 1 N–H and O–H groups in total. The van der Waals surface area contributed by atoms with Crippen molar-refractivity contribution >= 4 is 39.4 Å². The van der Waals surface area contributed by atoms with E-state index in [1.54, 1.807) is 6.07 Å². The zero-order valence-corrected chi connectivity index (χ0v) is 19.2. The molecule has 1 aliphatic rings. The Morgan fingerprint density at radius 2 is 1.85 bits per heavy atom. The molecule has 1 saturated carbocycles. The van der Waals surface area contributed by atoms with Crippen molar-refractivity contribution in [3.05, 3.63) is 33.4 Å². The molecule has 0 radical (unpaired) electrons. The highest BCUT2D eigenvalue weighted by Crippen LogP contribution is 3.02. The maximum Gasteiger partial charge on any atom is 0.342 e. The summed E-state index contributed by atoms with van der Waals surface area (Å²) in [7, 11) is -9.14. The number of ether oxygens (including phenoxy) is 2. The minimum absolute atomic E-state index is 0.0269. The lowest BCUT2D eigenvalue weighted by Crippen LogP contribution is -2.34. The molecule has 1 unspecified atom stereocenters. The molecule has 33 heavy (non-hydrogen) atoms. The average molecular weight is 536 g/mol. The fraction of sp³-hybridized carbons (Fsp3) is 0.389. The molecule has 0 spiro atoms. The highest BCUT2D eigenvalue weighted by molar-refractivity contribution is 8.45. The van der Waals surface area contributed by atoms with Crippen molar-refractivity contribution < 1.29 is 38.8 Å². The van der Waals surface area contributed by atoms with Crippen LogP contribution in [-0.4, -0.2) is 34.6 Å². The van der Waals surface area contributed by atoms with Crippen LogP contribution < -0.4 is 4.74 Å². The molecular weight excluding hydrogens is 520 g/mol. The van der Waals surface area contributed by atoms with Gasteiger partial charge in [0.25, 0.3) is 0 Å². The fourth-order valence-electron chi connectivity index (χ4n) is 2.95. The highest BCUT2D eigenvalue weighted by atomic mass is 35.5. The van der Waals surface area contributed by atoms with Crippen LogP contribution in [0.2, 0.25) is 10.0 Å². The molecule has 182 valence electrons. The Morgan fingerprint density at radius 1 is 1.30 bits per heavy atom. The average Bonchev–Trinajstić information content (AvgIpc) is 3.43. The van der Waals surface area contributed by atoms with Gasteiger partial charge >= 0.3 is 16.2 Å². The van der Waals surface area contributed by atoms with Crippen molar-refractivity contribution in [2.24, 2.45) is 5.92 Å². The Morgan fingerprint density at radius 3 is 2.27 bits per heavy atom. The van der Waals surface area contributed by atoms with Crippen molar-refractivity contribution in [3.63, 3.8) is 0 Å². The summed E-state index contributed by atoms with van der Waals surface area (Å²) in [5, 5.41) is 22.4. The SMILES string of the molecule is COC(=O)C(C)(O)c1c(C#N)nn(-c2c(Cl)cc(S(F)(F)(F)(F)F)cc2Cl)c1OCC1CC1. The normalized spacial score (nSPS) is 18.0. The van der Waals surface area contributed by atoms with Crippen LogP contribution in [0, 0.1) is 17.2 Å². The number of methoxy groups -OCH3 is 1. The summed E-state index contributed by atoms with van der Waals surface area (Å²) in [6.07, 6.45) is 1.62. The van der Waals surface area contributed by atoms with Gasteiger partial charge in [-0.15, -0.1) is 0 Å². The monoisotopic (exact) mass is 535 g/mol. The Bertz CT molecular complexity index is 1170. The van der Waals surface area contributed by atoms with Crippen molar-refractivity contribution in [2.75, 3.05) is 13.7 Å². The molecule has 0 bridgehead atoms. The van der Waals surface area contributed by atoms with Crippen LogP contribution >= 0.6 is 33.4 Å². The van der Waals surface area contributed by atoms with Crippen LogP contribution in [0.5, 0.6) is 5.88 Å². The van der Waals surface area contributed by atoms with E-state index in [0.29, 0.717) is 4.68 Å². The van der Waals surface area contributed by atoms with Gasteiger partial charge in [-0.05, 0) is 37.8 Å². The van der Waals surface area contributed by atoms with E-state index >= 15 is 0 Å². The lowest BCUT2D eigenvalue weighted by Gasteiger charge is -2.40. The van der Waals surface area contributed by atoms with Crippen molar-refractivity contribution in [3.8, 4) is 17.6 Å². The van der Waals surface area contributed by atoms with Gasteiger partial charge in [0.2, 0.25) is 5.88 Å². The molecule has 3 rings (SSSR count). The van der Waals surface area contributed by atoms with Gasteiger partial charge < -0.3 is 14.6 Å². The van der Waals surface area contributed by atoms with Gasteiger partial charge in [0.15, 0.2) is 11.3 Å². The molecule has 0 saturated heterocycles. The molecule has 1 fully saturated rings. The van der Waals surface area contributed by atoms with E-state index in [1.807, 2.05) is 0 Å². The van der Waals surface area contributed by atoms with Crippen LogP contribution in [-0.2, 0) is 15.1 Å². The molecule has 1 heterocycles. The van der Waals surface area contributed by atoms with Crippen LogP contribution in [0.25, 0.3) is 5.69 Å². The van der Waals surface area contributed by atoms with Gasteiger partial charge in [-0.2, -0.15) is 15.0 Å². The Hall–Kier alpha value is -2.27. The molecule has 1 aromatic heterocycles. The molecule has 0 aliphatic heterocycles. The second kappa shape index (κ2) is 7.36. The maximum atomic E-state index is 13.3. The van der Waals surface area contributed by atoms with Crippen LogP contribution in [0.3, 0.4) is 0 Å². The van der Waals surface area contributed by atoms with E-state index in [4.69, 9.17) is 27.9 Å². The number of aliphatic hydroxyl groups is 1. The summed E-state index contributed by atoms with van der Waals surface area (Å²) in [4.78, 5) is 9.85. The summed E-state index contributed by atoms with van der Waals surface area (Å²) >= 11 is 11.8. The first-order valence-corrected chi connectivity index (χ1v) is 11.8. The Kier molecular flexibility index (Phi) is 5.66. The lowest BCUT2D eigenvalue weighted by atomic mass is 9.96. The van der Waals surface area contributed by atoms with Crippen molar-refractivity contribution in [2.45, 2.75) is 30.3 Å². The molecule has 7 nitrogen and oxygen atoms in total. The predicted octanol–water partition coefficient (Wildman–Crippen LogP) is 5.88. The first-order chi connectivity index (χ1) is 14.9. The van der Waals surface area contributed by atoms with E-state index in [0.717, 1.165) is 26.9 Å². The van der Waals surface area contributed by atoms with E-state index in [1.165, 1.54) is 0 Å². The molecule has 1 aromatic carbocycles. The summed E-state index contributed by atoms with van der Waals surface area (Å²) in [6, 6.07) is 1.59. The number of carbonyl (C=O) groups is 1. The quantitative estimate of drug-likeness (QED) is 0.351. The highest BCUT2D eigenvalue weighted by Gasteiger charge is 2.65. The van der Waals surface area contributed by atoms with E-state index < -0.39 is 59.6 Å². The summed E-state index contributed by atoms with van der Waals surface area (Å²) in [5.41, 5.74) is -4.01. The number of rotatable bonds is 7. The maximum absolute atomic E-state index is 13.3. The van der Waals surface area contributed by atoms with Gasteiger partial charge in [0.1, 0.15) is 16.7 Å². The zero-order valence-electron chi connectivity index (χ0n) is 16.9. The molecule has 1 atom stereocenters. The topological polar surface area (TPSA) is 97.4 Å². The first kappa shape index (κ1) is 25.4. The third-order valence-corrected chi connectivity index (χ3v) is 6.52. The number of aromatic nitrogens is 2.